The molecule has 28 heavy (non-hydrogen) atoms. The number of benzene rings is 2. The molecule has 2 aromatic rings. The van der Waals surface area contributed by atoms with Crippen molar-refractivity contribution in [3.63, 3.8) is 0 Å². The smallest absolute Gasteiger partial charge is 0.0609 e. The van der Waals surface area contributed by atoms with Gasteiger partial charge in [-0.15, -0.1) is 10.4 Å². The molecule has 0 spiro atoms. The van der Waals surface area contributed by atoms with Gasteiger partial charge in [0, 0.05) is 16.8 Å². The summed E-state index contributed by atoms with van der Waals surface area (Å²) in [7, 11) is 25.1. The molecule has 0 saturated carbocycles. The van der Waals surface area contributed by atoms with Crippen molar-refractivity contribution < 1.29 is 0 Å². The second kappa shape index (κ2) is 11.6. The Balaban J connectivity index is 1.92. The third-order valence-corrected chi connectivity index (χ3v) is 7.48. The van der Waals surface area contributed by atoms with Crippen LogP contribution in [0.25, 0.3) is 0 Å². The molecule has 0 aliphatic carbocycles. The molecule has 0 aromatic heterocycles. The maximum atomic E-state index is 6.38. The summed E-state index contributed by atoms with van der Waals surface area (Å²) in [6, 6.07) is 21.0. The van der Waals surface area contributed by atoms with Crippen molar-refractivity contribution in [3.8, 4) is 0 Å². The van der Waals surface area contributed by atoms with Gasteiger partial charge in [0.15, 0.2) is 0 Å². The molecule has 1 atom stereocenters. The van der Waals surface area contributed by atoms with E-state index in [-0.39, 0.29) is 0 Å². The van der Waals surface area contributed by atoms with Gasteiger partial charge < -0.3 is 0 Å². The number of rotatable bonds is 12. The summed E-state index contributed by atoms with van der Waals surface area (Å²) in [5.74, 6) is 2.99. The van der Waals surface area contributed by atoms with Gasteiger partial charge >= 0.3 is 0 Å². The first kappa shape index (κ1) is 23.7. The lowest BCUT2D eigenvalue weighted by Crippen LogP contribution is -2.34. The van der Waals surface area contributed by atoms with E-state index in [4.69, 9.17) is 31.4 Å². The highest BCUT2D eigenvalue weighted by atomic mass is 32.2. The fourth-order valence-corrected chi connectivity index (χ4v) is 5.38. The Morgan fingerprint density at radius 3 is 1.86 bits per heavy atom. The lowest BCUT2D eigenvalue weighted by atomic mass is 9.28. The van der Waals surface area contributed by atoms with Crippen molar-refractivity contribution in [3.05, 3.63) is 71.8 Å². The molecular weight excluding hydrogens is 372 g/mol. The third-order valence-electron chi connectivity index (χ3n) is 5.04. The number of hydrogen-bond donors (Lipinski definition) is 0. The van der Waals surface area contributed by atoms with Gasteiger partial charge in [0.25, 0.3) is 0 Å². The van der Waals surface area contributed by atoms with Gasteiger partial charge in [-0.25, -0.2) is 0 Å². The van der Waals surface area contributed by atoms with Crippen molar-refractivity contribution in [2.75, 3.05) is 5.75 Å². The van der Waals surface area contributed by atoms with Crippen molar-refractivity contribution >= 4 is 54.9 Å². The highest BCUT2D eigenvalue weighted by Crippen LogP contribution is 2.49. The molecule has 0 heterocycles. The molecule has 8 radical (unpaired) electrons. The van der Waals surface area contributed by atoms with Gasteiger partial charge in [-0.3, -0.25) is 0 Å². The van der Waals surface area contributed by atoms with Crippen LogP contribution in [0.1, 0.15) is 37.3 Å². The molecular formula is C22H26B4S2. The molecule has 0 nitrogen and oxygen atoms in total. The molecule has 0 aliphatic rings. The molecule has 0 N–H and O–H groups in total. The van der Waals surface area contributed by atoms with Gasteiger partial charge in [0.2, 0.25) is 0 Å². The first-order valence-corrected chi connectivity index (χ1v) is 12.0. The van der Waals surface area contributed by atoms with Crippen LogP contribution in [0.4, 0.5) is 0 Å². The Labute approximate surface area is 185 Å². The van der Waals surface area contributed by atoms with Gasteiger partial charge in [0.05, 0.1) is 31.4 Å². The van der Waals surface area contributed by atoms with E-state index >= 15 is 0 Å². The van der Waals surface area contributed by atoms with Crippen LogP contribution in [-0.2, 0) is 11.5 Å². The van der Waals surface area contributed by atoms with Gasteiger partial charge in [-0.1, -0.05) is 80.4 Å². The summed E-state index contributed by atoms with van der Waals surface area (Å²) in [6.45, 7) is 1.93. The predicted molar refractivity (Wildman–Crippen MR) is 132 cm³/mol. The molecule has 0 amide bonds. The second-order valence-electron chi connectivity index (χ2n) is 7.38. The van der Waals surface area contributed by atoms with Crippen molar-refractivity contribution in [2.24, 2.45) is 0 Å². The van der Waals surface area contributed by atoms with Crippen molar-refractivity contribution in [1.82, 2.24) is 0 Å². The van der Waals surface area contributed by atoms with E-state index in [1.165, 1.54) is 11.1 Å². The Kier molecular flexibility index (Phi) is 9.77. The zero-order chi connectivity index (χ0) is 20.5. The van der Waals surface area contributed by atoms with Crippen LogP contribution in [0.2, 0.25) is 10.4 Å². The second-order valence-corrected chi connectivity index (χ2v) is 9.78. The van der Waals surface area contributed by atoms with Crippen LogP contribution in [-0.4, -0.2) is 42.4 Å². The average Bonchev–Trinajstić information content (AvgIpc) is 2.70. The van der Waals surface area contributed by atoms with E-state index < -0.39 is 10.4 Å². The number of hydrogen-bond acceptors (Lipinski definition) is 2. The monoisotopic (exact) mass is 398 g/mol. The highest BCUT2D eigenvalue weighted by Gasteiger charge is 2.35. The Hall–Kier alpha value is -0.600. The summed E-state index contributed by atoms with van der Waals surface area (Å²) in [5, 5.41) is -1.87. The maximum Gasteiger partial charge on any atom is 0.0609 e. The Morgan fingerprint density at radius 2 is 1.32 bits per heavy atom. The quantitative estimate of drug-likeness (QED) is 0.351. The minimum Gasteiger partial charge on any atom is -0.157 e. The molecule has 0 saturated heterocycles. The topological polar surface area (TPSA) is 0 Å². The zero-order valence-electron chi connectivity index (χ0n) is 16.7. The van der Waals surface area contributed by atoms with Crippen LogP contribution < -0.4 is 0 Å². The highest BCUT2D eigenvalue weighted by molar-refractivity contribution is 7.99. The SMILES string of the molecule is [B]C([B])(CC)C([B])([B])CC(CCSCc1ccccc1)SCc1ccccc1. The summed E-state index contributed by atoms with van der Waals surface area (Å²) in [4.78, 5) is 0. The standard InChI is InChI=1S/C22H26B4S2/c1-2-21(23,24)22(25,26)15-20(28-17-19-11-7-4-8-12-19)13-14-27-16-18-9-5-3-6-10-18/h3-12,20H,2,13-17H2,1H3. The first-order chi connectivity index (χ1) is 13.3. The maximum absolute atomic E-state index is 6.38. The third kappa shape index (κ3) is 7.67. The first-order valence-electron chi connectivity index (χ1n) is 9.77. The molecule has 138 valence electrons. The summed E-state index contributed by atoms with van der Waals surface area (Å²) in [5.41, 5.74) is 2.65. The fourth-order valence-electron chi connectivity index (χ4n) is 2.91. The minimum absolute atomic E-state index is 0.302. The lowest BCUT2D eigenvalue weighted by molar-refractivity contribution is 0.549. The molecule has 0 bridgehead atoms. The van der Waals surface area contributed by atoms with E-state index in [0.29, 0.717) is 18.1 Å². The van der Waals surface area contributed by atoms with Crippen LogP contribution in [0, 0.1) is 0 Å². The van der Waals surface area contributed by atoms with Crippen LogP contribution in [0.5, 0.6) is 0 Å². The Morgan fingerprint density at radius 1 is 0.786 bits per heavy atom. The van der Waals surface area contributed by atoms with Crippen LogP contribution in [0.3, 0.4) is 0 Å². The molecule has 2 aromatic carbocycles. The van der Waals surface area contributed by atoms with Crippen LogP contribution in [0.15, 0.2) is 60.7 Å². The predicted octanol–water partition coefficient (Wildman–Crippen LogP) is 5.32. The molecule has 0 fully saturated rings. The largest absolute Gasteiger partial charge is 0.157 e. The van der Waals surface area contributed by atoms with Gasteiger partial charge in [-0.2, -0.15) is 23.5 Å². The van der Waals surface area contributed by atoms with Crippen molar-refractivity contribution in [1.29, 1.82) is 0 Å². The van der Waals surface area contributed by atoms with E-state index in [1.807, 2.05) is 42.6 Å². The van der Waals surface area contributed by atoms with E-state index in [2.05, 4.69) is 48.5 Å². The summed E-state index contributed by atoms with van der Waals surface area (Å²) >= 11 is 3.83. The van der Waals surface area contributed by atoms with E-state index in [0.717, 1.165) is 23.7 Å². The van der Waals surface area contributed by atoms with Gasteiger partial charge in [-0.05, 0) is 23.3 Å². The van der Waals surface area contributed by atoms with E-state index in [1.54, 1.807) is 0 Å². The normalized spacial score (nSPS) is 13.3. The molecule has 1 unspecified atom stereocenters. The van der Waals surface area contributed by atoms with Crippen molar-refractivity contribution in [2.45, 2.75) is 53.4 Å². The Bertz CT molecular complexity index is 677. The lowest BCUT2D eigenvalue weighted by Gasteiger charge is -2.45. The fraction of sp³-hybridized carbons (Fsp3) is 0.455. The average molecular weight is 398 g/mol. The summed E-state index contributed by atoms with van der Waals surface area (Å²) in [6.07, 6.45) is 2.15. The molecule has 2 rings (SSSR count). The zero-order valence-corrected chi connectivity index (χ0v) is 18.4. The van der Waals surface area contributed by atoms with E-state index in [9.17, 15) is 0 Å². The summed E-state index contributed by atoms with van der Waals surface area (Å²) < 4.78 is 0. The minimum atomic E-state index is -1.10. The number of thioether (sulfide) groups is 2. The molecule has 0 aliphatic heterocycles. The van der Waals surface area contributed by atoms with Gasteiger partial charge in [0.1, 0.15) is 0 Å². The molecule has 6 heteroatoms. The van der Waals surface area contributed by atoms with Crippen LogP contribution >= 0.6 is 23.5 Å².